The molecule has 0 saturated carbocycles. The Labute approximate surface area is 83.8 Å². The number of benzene rings is 1. The minimum Gasteiger partial charge on any atom is -0.392 e. The van der Waals surface area contributed by atoms with Gasteiger partial charge in [-0.2, -0.15) is 5.26 Å². The molecule has 0 aliphatic carbocycles. The van der Waals surface area contributed by atoms with E-state index in [1.54, 1.807) is 6.07 Å². The minimum atomic E-state index is -0.352. The lowest BCUT2D eigenvalue weighted by molar-refractivity contribution is 0.283. The van der Waals surface area contributed by atoms with Crippen LogP contribution in [0, 0.1) is 17.1 Å². The zero-order valence-corrected chi connectivity index (χ0v) is 7.94. The molecule has 2 rings (SSSR count). The van der Waals surface area contributed by atoms with Gasteiger partial charge in [0.2, 0.25) is 0 Å². The molecule has 1 N–H and O–H groups in total. The van der Waals surface area contributed by atoms with Gasteiger partial charge in [0.05, 0.1) is 6.61 Å². The van der Waals surface area contributed by atoms with Crippen molar-refractivity contribution in [1.29, 1.82) is 5.26 Å². The molecule has 0 fully saturated rings. The van der Waals surface area contributed by atoms with Crippen molar-refractivity contribution in [1.82, 2.24) is 0 Å². The molecule has 0 spiro atoms. The highest BCUT2D eigenvalue weighted by Gasteiger charge is 2.11. The van der Waals surface area contributed by atoms with Crippen LogP contribution in [-0.2, 0) is 6.61 Å². The van der Waals surface area contributed by atoms with Crippen molar-refractivity contribution in [3.05, 3.63) is 34.5 Å². The van der Waals surface area contributed by atoms with E-state index in [-0.39, 0.29) is 12.4 Å². The van der Waals surface area contributed by atoms with E-state index in [0.717, 1.165) is 4.70 Å². The summed E-state index contributed by atoms with van der Waals surface area (Å²) in [6.07, 6.45) is 0. The lowest BCUT2D eigenvalue weighted by Crippen LogP contribution is -1.83. The van der Waals surface area contributed by atoms with Gasteiger partial charge < -0.3 is 5.11 Å². The zero-order chi connectivity index (χ0) is 10.1. The van der Waals surface area contributed by atoms with E-state index in [0.29, 0.717) is 15.8 Å². The number of nitrogens with zero attached hydrogens (tertiary/aromatic N) is 1. The molecular formula is C10H6FNOS. The zero-order valence-electron chi connectivity index (χ0n) is 7.12. The lowest BCUT2D eigenvalue weighted by atomic mass is 10.1. The number of fused-ring (bicyclic) bond motifs is 1. The van der Waals surface area contributed by atoms with Gasteiger partial charge >= 0.3 is 0 Å². The molecule has 1 heterocycles. The summed E-state index contributed by atoms with van der Waals surface area (Å²) in [5.41, 5.74) is 0.520. The summed E-state index contributed by atoms with van der Waals surface area (Å²) in [5.74, 6) is -0.352. The second-order valence-corrected chi connectivity index (χ2v) is 3.87. The van der Waals surface area contributed by atoms with E-state index in [2.05, 4.69) is 0 Å². The van der Waals surface area contributed by atoms with Crippen LogP contribution in [0.5, 0.6) is 0 Å². The van der Waals surface area contributed by atoms with Crippen molar-refractivity contribution in [2.75, 3.05) is 0 Å². The molecule has 0 aliphatic rings. The molecule has 1 aromatic heterocycles. The van der Waals surface area contributed by atoms with Crippen molar-refractivity contribution < 1.29 is 9.50 Å². The van der Waals surface area contributed by atoms with E-state index in [1.807, 2.05) is 6.07 Å². The van der Waals surface area contributed by atoms with E-state index >= 15 is 0 Å². The maximum absolute atomic E-state index is 12.9. The van der Waals surface area contributed by atoms with Crippen LogP contribution in [0.1, 0.15) is 10.4 Å². The Hall–Kier alpha value is -1.44. The van der Waals surface area contributed by atoms with Crippen LogP contribution >= 0.6 is 11.3 Å². The third-order valence-electron chi connectivity index (χ3n) is 2.01. The van der Waals surface area contributed by atoms with Crippen LogP contribution in [0.2, 0.25) is 0 Å². The van der Waals surface area contributed by atoms with Crippen molar-refractivity contribution in [3.8, 4) is 6.07 Å². The summed E-state index contributed by atoms with van der Waals surface area (Å²) in [6.45, 7) is -0.230. The molecule has 70 valence electrons. The quantitative estimate of drug-likeness (QED) is 0.780. The molecule has 0 amide bonds. The number of aliphatic hydroxyl groups is 1. The first-order valence-corrected chi connectivity index (χ1v) is 4.80. The van der Waals surface area contributed by atoms with Gasteiger partial charge in [-0.25, -0.2) is 4.39 Å². The Kier molecular flexibility index (Phi) is 2.20. The van der Waals surface area contributed by atoms with Crippen LogP contribution < -0.4 is 0 Å². The molecule has 2 nitrogen and oxygen atoms in total. The molecule has 1 aromatic carbocycles. The highest BCUT2D eigenvalue weighted by molar-refractivity contribution is 7.19. The molecule has 0 bridgehead atoms. The van der Waals surface area contributed by atoms with Gasteiger partial charge in [-0.05, 0) is 18.2 Å². The van der Waals surface area contributed by atoms with E-state index in [9.17, 15) is 4.39 Å². The van der Waals surface area contributed by atoms with E-state index < -0.39 is 0 Å². The van der Waals surface area contributed by atoms with Crippen LogP contribution in [0.4, 0.5) is 4.39 Å². The minimum absolute atomic E-state index is 0.230. The van der Waals surface area contributed by atoms with Crippen LogP contribution in [0.25, 0.3) is 10.1 Å². The van der Waals surface area contributed by atoms with Crippen molar-refractivity contribution in [2.45, 2.75) is 6.61 Å². The van der Waals surface area contributed by atoms with Crippen LogP contribution in [-0.4, -0.2) is 5.11 Å². The summed E-state index contributed by atoms with van der Waals surface area (Å²) < 4.78 is 13.7. The maximum atomic E-state index is 12.9. The molecule has 4 heteroatoms. The van der Waals surface area contributed by atoms with Gasteiger partial charge in [0, 0.05) is 15.6 Å². The summed E-state index contributed by atoms with van der Waals surface area (Å²) in [7, 11) is 0. The number of thiophene rings is 1. The normalized spacial score (nSPS) is 10.4. The van der Waals surface area contributed by atoms with Crippen LogP contribution in [0.15, 0.2) is 18.2 Å². The molecule has 0 saturated heterocycles. The monoisotopic (exact) mass is 207 g/mol. The van der Waals surface area contributed by atoms with Crippen molar-refractivity contribution >= 4 is 21.4 Å². The molecule has 0 atom stereocenters. The molecule has 0 radical (unpaired) electrons. The Bertz CT molecular complexity index is 527. The van der Waals surface area contributed by atoms with Gasteiger partial charge in [-0.15, -0.1) is 11.3 Å². The average molecular weight is 207 g/mol. The summed E-state index contributed by atoms with van der Waals surface area (Å²) >= 11 is 1.27. The largest absolute Gasteiger partial charge is 0.392 e. The second kappa shape index (κ2) is 3.37. The Balaban J connectivity index is 2.83. The smallest absolute Gasteiger partial charge is 0.123 e. The standard InChI is InChI=1S/C10H6FNOS/c11-6-1-2-9-7(3-6)8(5-13)10(4-12)14-9/h1-3,13H,5H2. The fourth-order valence-corrected chi connectivity index (χ4v) is 2.36. The topological polar surface area (TPSA) is 44.0 Å². The van der Waals surface area contributed by atoms with E-state index in [1.165, 1.54) is 23.5 Å². The maximum Gasteiger partial charge on any atom is 0.123 e. The van der Waals surface area contributed by atoms with Gasteiger partial charge in [-0.1, -0.05) is 0 Å². The fraction of sp³-hybridized carbons (Fsp3) is 0.100. The second-order valence-electron chi connectivity index (χ2n) is 2.82. The molecule has 0 unspecified atom stereocenters. The first-order chi connectivity index (χ1) is 6.76. The number of nitriles is 1. The number of aliphatic hydroxyl groups excluding tert-OH is 1. The molecule has 2 aromatic rings. The van der Waals surface area contributed by atoms with Gasteiger partial charge in [-0.3, -0.25) is 0 Å². The highest BCUT2D eigenvalue weighted by atomic mass is 32.1. The number of rotatable bonds is 1. The Morgan fingerprint density at radius 2 is 2.29 bits per heavy atom. The average Bonchev–Trinajstić information content (AvgIpc) is 2.54. The summed E-state index contributed by atoms with van der Waals surface area (Å²) in [5, 5.41) is 18.5. The Morgan fingerprint density at radius 1 is 1.50 bits per heavy atom. The molecule has 0 aliphatic heterocycles. The number of halogens is 1. The van der Waals surface area contributed by atoms with Crippen molar-refractivity contribution in [3.63, 3.8) is 0 Å². The van der Waals surface area contributed by atoms with Gasteiger partial charge in [0.15, 0.2) is 0 Å². The predicted molar refractivity (Wildman–Crippen MR) is 52.4 cm³/mol. The van der Waals surface area contributed by atoms with Gasteiger partial charge in [0.25, 0.3) is 0 Å². The van der Waals surface area contributed by atoms with Gasteiger partial charge in [0.1, 0.15) is 16.8 Å². The van der Waals surface area contributed by atoms with Crippen LogP contribution in [0.3, 0.4) is 0 Å². The predicted octanol–water partition coefficient (Wildman–Crippen LogP) is 2.40. The SMILES string of the molecule is N#Cc1sc2ccc(F)cc2c1CO. The third-order valence-corrected chi connectivity index (χ3v) is 3.13. The summed E-state index contributed by atoms with van der Waals surface area (Å²) in [4.78, 5) is 0.452. The molecular weight excluding hydrogens is 201 g/mol. The summed E-state index contributed by atoms with van der Waals surface area (Å²) in [6, 6.07) is 6.31. The third kappa shape index (κ3) is 1.27. The number of hydrogen-bond donors (Lipinski definition) is 1. The van der Waals surface area contributed by atoms with E-state index in [4.69, 9.17) is 10.4 Å². The molecule has 14 heavy (non-hydrogen) atoms. The lowest BCUT2D eigenvalue weighted by Gasteiger charge is -1.93. The first-order valence-electron chi connectivity index (χ1n) is 3.98. The first kappa shape index (κ1) is 9.13. The highest BCUT2D eigenvalue weighted by Crippen LogP contribution is 2.31. The Morgan fingerprint density at radius 3 is 2.93 bits per heavy atom. The number of hydrogen-bond acceptors (Lipinski definition) is 3. The fourth-order valence-electron chi connectivity index (χ4n) is 1.37. The van der Waals surface area contributed by atoms with Crippen molar-refractivity contribution in [2.24, 2.45) is 0 Å².